The van der Waals surface area contributed by atoms with Gasteiger partial charge in [0.25, 0.3) is 0 Å². The first kappa shape index (κ1) is 27.1. The average Bonchev–Trinajstić information content (AvgIpc) is 2.84. The molecule has 192 valence electrons. The molecule has 0 saturated carbocycles. The van der Waals surface area contributed by atoms with Crippen LogP contribution in [0.3, 0.4) is 0 Å². The molecule has 0 spiro atoms. The third-order valence-corrected chi connectivity index (χ3v) is 9.25. The average molecular weight is 526 g/mol. The van der Waals surface area contributed by atoms with Crippen LogP contribution in [0.15, 0.2) is 52.3 Å². The van der Waals surface area contributed by atoms with Crippen molar-refractivity contribution in [1.82, 2.24) is 13.9 Å². The van der Waals surface area contributed by atoms with Crippen LogP contribution in [0.5, 0.6) is 5.75 Å². The third kappa shape index (κ3) is 6.58. The summed E-state index contributed by atoms with van der Waals surface area (Å²) in [7, 11) is -6.12. The van der Waals surface area contributed by atoms with Gasteiger partial charge in [0.15, 0.2) is 0 Å². The number of amides is 1. The first-order chi connectivity index (χ1) is 16.6. The van der Waals surface area contributed by atoms with Crippen LogP contribution in [0.1, 0.15) is 18.1 Å². The van der Waals surface area contributed by atoms with Crippen molar-refractivity contribution in [3.05, 3.63) is 53.6 Å². The van der Waals surface area contributed by atoms with Gasteiger partial charge in [-0.15, -0.1) is 0 Å². The number of hydrogen-bond acceptors (Lipinski definition) is 7. The molecule has 0 atom stereocenters. The van der Waals surface area contributed by atoms with Crippen LogP contribution >= 0.6 is 0 Å². The molecule has 1 N–H and O–H groups in total. The predicted octanol–water partition coefficient (Wildman–Crippen LogP) is 1.35. The molecule has 0 unspecified atom stereocenters. The van der Waals surface area contributed by atoms with Crippen molar-refractivity contribution in [3.63, 3.8) is 0 Å². The molecule has 2 aromatic carbocycles. The van der Waals surface area contributed by atoms with Gasteiger partial charge in [0.2, 0.25) is 26.0 Å². The van der Waals surface area contributed by atoms with Crippen molar-refractivity contribution >= 4 is 26.0 Å². The summed E-state index contributed by atoms with van der Waals surface area (Å²) in [5, 5.41) is 2.67. The molecular formula is C23H31N3O7S2. The summed E-state index contributed by atoms with van der Waals surface area (Å²) in [5.74, 6) is 0.124. The number of benzene rings is 2. The number of carbonyl (C=O) groups excluding carboxylic acids is 1. The van der Waals surface area contributed by atoms with Gasteiger partial charge in [-0.2, -0.15) is 8.61 Å². The minimum Gasteiger partial charge on any atom is -0.494 e. The Morgan fingerprint density at radius 2 is 1.69 bits per heavy atom. The van der Waals surface area contributed by atoms with Crippen LogP contribution in [-0.4, -0.2) is 77.9 Å². The van der Waals surface area contributed by atoms with Gasteiger partial charge in [0, 0.05) is 26.7 Å². The molecule has 2 aromatic rings. The van der Waals surface area contributed by atoms with Crippen LogP contribution in [0, 0.1) is 6.92 Å². The maximum atomic E-state index is 12.9. The highest BCUT2D eigenvalue weighted by molar-refractivity contribution is 7.89. The fourth-order valence-electron chi connectivity index (χ4n) is 3.54. The highest BCUT2D eigenvalue weighted by atomic mass is 32.2. The van der Waals surface area contributed by atoms with Crippen molar-refractivity contribution in [2.45, 2.75) is 30.2 Å². The SMILES string of the molecule is CCOc1ccc(S(=O)(=O)N(C)CC(=O)NCc2ccc(S(=O)(=O)N3CCOCC3)cc2)cc1C. The van der Waals surface area contributed by atoms with E-state index in [0.29, 0.717) is 49.8 Å². The Hall–Kier alpha value is -2.51. The Morgan fingerprint density at radius 3 is 2.29 bits per heavy atom. The van der Waals surface area contributed by atoms with Gasteiger partial charge in [-0.25, -0.2) is 16.8 Å². The molecule has 1 fully saturated rings. The summed E-state index contributed by atoms with van der Waals surface area (Å²) in [4.78, 5) is 12.6. The Labute approximate surface area is 206 Å². The number of hydrogen-bond donors (Lipinski definition) is 1. The van der Waals surface area contributed by atoms with Gasteiger partial charge in [-0.05, 0) is 55.3 Å². The largest absolute Gasteiger partial charge is 0.494 e. The number of sulfonamides is 2. The fraction of sp³-hybridized carbons (Fsp3) is 0.435. The zero-order chi connectivity index (χ0) is 25.6. The number of aryl methyl sites for hydroxylation is 1. The van der Waals surface area contributed by atoms with Crippen molar-refractivity contribution < 1.29 is 31.1 Å². The van der Waals surface area contributed by atoms with Crippen molar-refractivity contribution in [2.75, 3.05) is 46.5 Å². The lowest BCUT2D eigenvalue weighted by atomic mass is 10.2. The highest BCUT2D eigenvalue weighted by Gasteiger charge is 2.26. The van der Waals surface area contributed by atoms with E-state index < -0.39 is 26.0 Å². The summed E-state index contributed by atoms with van der Waals surface area (Å²) in [6, 6.07) is 10.8. The zero-order valence-electron chi connectivity index (χ0n) is 20.1. The van der Waals surface area contributed by atoms with Gasteiger partial charge in [0.1, 0.15) is 5.75 Å². The number of nitrogens with zero attached hydrogens (tertiary/aromatic N) is 2. The van der Waals surface area contributed by atoms with Crippen LogP contribution in [0.25, 0.3) is 0 Å². The second-order valence-corrected chi connectivity index (χ2v) is 12.0. The molecule has 0 bridgehead atoms. The minimum absolute atomic E-state index is 0.0748. The Balaban J connectivity index is 1.57. The van der Waals surface area contributed by atoms with Crippen molar-refractivity contribution in [3.8, 4) is 5.75 Å². The molecule has 1 aliphatic rings. The molecule has 1 aliphatic heterocycles. The summed E-state index contributed by atoms with van der Waals surface area (Å²) in [5.41, 5.74) is 1.37. The first-order valence-corrected chi connectivity index (χ1v) is 14.1. The number of rotatable bonds is 10. The normalized spacial score (nSPS) is 15.2. The second-order valence-electron chi connectivity index (χ2n) is 8.06. The molecule has 1 heterocycles. The van der Waals surface area contributed by atoms with Gasteiger partial charge in [-0.1, -0.05) is 12.1 Å². The fourth-order valence-corrected chi connectivity index (χ4v) is 6.16. The van der Waals surface area contributed by atoms with Gasteiger partial charge in [-0.3, -0.25) is 4.79 Å². The number of ether oxygens (including phenoxy) is 2. The Bertz CT molecular complexity index is 1240. The van der Waals surface area contributed by atoms with Crippen molar-refractivity contribution in [2.24, 2.45) is 0 Å². The molecule has 35 heavy (non-hydrogen) atoms. The maximum absolute atomic E-state index is 12.9. The topological polar surface area (TPSA) is 122 Å². The smallest absolute Gasteiger partial charge is 0.243 e. The molecule has 0 radical (unpaired) electrons. The quantitative estimate of drug-likeness (QED) is 0.497. The monoisotopic (exact) mass is 525 g/mol. The van der Waals surface area contributed by atoms with Crippen LogP contribution in [0.4, 0.5) is 0 Å². The summed E-state index contributed by atoms with van der Waals surface area (Å²) >= 11 is 0. The van der Waals surface area contributed by atoms with Crippen LogP contribution < -0.4 is 10.1 Å². The maximum Gasteiger partial charge on any atom is 0.243 e. The number of carbonyl (C=O) groups is 1. The van der Waals surface area contributed by atoms with E-state index in [1.807, 2.05) is 6.92 Å². The number of morpholine rings is 1. The number of likely N-dealkylation sites (N-methyl/N-ethyl adjacent to an activating group) is 1. The molecule has 3 rings (SSSR count). The molecule has 10 nitrogen and oxygen atoms in total. The lowest BCUT2D eigenvalue weighted by molar-refractivity contribution is -0.121. The van der Waals surface area contributed by atoms with E-state index in [0.717, 1.165) is 4.31 Å². The van der Waals surface area contributed by atoms with Crippen molar-refractivity contribution in [1.29, 1.82) is 0 Å². The van der Waals surface area contributed by atoms with E-state index in [1.54, 1.807) is 25.1 Å². The molecular weight excluding hydrogens is 494 g/mol. The van der Waals surface area contributed by atoms with E-state index in [-0.39, 0.29) is 22.9 Å². The van der Waals surface area contributed by atoms with Crippen LogP contribution in [0.2, 0.25) is 0 Å². The summed E-state index contributed by atoms with van der Waals surface area (Å²) in [6.07, 6.45) is 0. The molecule has 1 amide bonds. The van der Waals surface area contributed by atoms with Gasteiger partial charge >= 0.3 is 0 Å². The third-order valence-electron chi connectivity index (χ3n) is 5.54. The Kier molecular flexibility index (Phi) is 8.89. The van der Waals surface area contributed by atoms with E-state index in [2.05, 4.69) is 5.32 Å². The lowest BCUT2D eigenvalue weighted by Crippen LogP contribution is -2.40. The Morgan fingerprint density at radius 1 is 1.06 bits per heavy atom. The van der Waals surface area contributed by atoms with E-state index in [4.69, 9.17) is 9.47 Å². The summed E-state index contributed by atoms with van der Waals surface area (Å²) in [6.45, 7) is 5.20. The predicted molar refractivity (Wildman–Crippen MR) is 130 cm³/mol. The highest BCUT2D eigenvalue weighted by Crippen LogP contribution is 2.23. The summed E-state index contributed by atoms with van der Waals surface area (Å²) < 4.78 is 64.1. The molecule has 0 aromatic heterocycles. The zero-order valence-corrected chi connectivity index (χ0v) is 21.7. The van der Waals surface area contributed by atoms with E-state index in [1.165, 1.54) is 35.6 Å². The van der Waals surface area contributed by atoms with Crippen LogP contribution in [-0.2, 0) is 36.1 Å². The molecule has 0 aliphatic carbocycles. The standard InChI is InChI=1S/C23H31N3O7S2/c1-4-33-22-10-9-21(15-18(22)2)34(28,29)25(3)17-23(27)24-16-19-5-7-20(8-6-19)35(30,31)26-11-13-32-14-12-26/h5-10,15H,4,11-14,16-17H2,1-3H3,(H,24,27). The van der Waals surface area contributed by atoms with Gasteiger partial charge < -0.3 is 14.8 Å². The van der Waals surface area contributed by atoms with Gasteiger partial charge in [0.05, 0.1) is 36.2 Å². The molecule has 1 saturated heterocycles. The first-order valence-electron chi connectivity index (χ1n) is 11.2. The minimum atomic E-state index is -3.87. The van der Waals surface area contributed by atoms with E-state index >= 15 is 0 Å². The number of nitrogens with one attached hydrogen (secondary N) is 1. The lowest BCUT2D eigenvalue weighted by Gasteiger charge is -2.26. The molecule has 12 heteroatoms. The second kappa shape index (κ2) is 11.5. The van der Waals surface area contributed by atoms with E-state index in [9.17, 15) is 21.6 Å².